The number of esters is 2. The maximum atomic E-state index is 12.0. The highest BCUT2D eigenvalue weighted by Crippen LogP contribution is 2.58. The van der Waals surface area contributed by atoms with E-state index in [4.69, 9.17) is 9.47 Å². The summed E-state index contributed by atoms with van der Waals surface area (Å²) in [7, 11) is 0. The summed E-state index contributed by atoms with van der Waals surface area (Å²) in [5.41, 5.74) is 1.00. The summed E-state index contributed by atoms with van der Waals surface area (Å²) < 4.78 is 11.6. The van der Waals surface area contributed by atoms with Crippen LogP contribution < -0.4 is 0 Å². The van der Waals surface area contributed by atoms with E-state index >= 15 is 0 Å². The van der Waals surface area contributed by atoms with Gasteiger partial charge in [0.15, 0.2) is 6.10 Å². The largest absolute Gasteiger partial charge is 0.458 e. The number of carbonyl (C=O) groups is 2. The number of hydrogen-bond donors (Lipinski definition) is 1. The molecule has 5 nitrogen and oxygen atoms in total. The monoisotopic (exact) mass is 406 g/mol. The van der Waals surface area contributed by atoms with Crippen molar-refractivity contribution < 1.29 is 24.2 Å². The van der Waals surface area contributed by atoms with Gasteiger partial charge >= 0.3 is 11.9 Å². The molecule has 0 unspecified atom stereocenters. The van der Waals surface area contributed by atoms with Crippen LogP contribution in [0.25, 0.3) is 0 Å². The van der Waals surface area contributed by atoms with Crippen molar-refractivity contribution in [3.05, 3.63) is 23.8 Å². The Hall–Kier alpha value is -1.62. The highest BCUT2D eigenvalue weighted by atomic mass is 16.6. The summed E-state index contributed by atoms with van der Waals surface area (Å²) in [4.78, 5) is 23.9. The summed E-state index contributed by atoms with van der Waals surface area (Å²) in [6.45, 7) is 16.9. The molecule has 2 aliphatic rings. The second-order valence-corrected chi connectivity index (χ2v) is 10.0. The summed E-state index contributed by atoms with van der Waals surface area (Å²) >= 11 is 0. The molecule has 164 valence electrons. The van der Waals surface area contributed by atoms with E-state index in [-0.39, 0.29) is 28.7 Å². The molecule has 5 heteroatoms. The van der Waals surface area contributed by atoms with E-state index in [2.05, 4.69) is 34.3 Å². The number of carbonyl (C=O) groups excluding carboxylic acids is 2. The van der Waals surface area contributed by atoms with Crippen LogP contribution in [0.3, 0.4) is 0 Å². The normalized spacial score (nSPS) is 33.3. The van der Waals surface area contributed by atoms with E-state index < -0.39 is 17.8 Å². The fourth-order valence-electron chi connectivity index (χ4n) is 5.25. The van der Waals surface area contributed by atoms with Crippen LogP contribution in [-0.2, 0) is 19.1 Å². The van der Waals surface area contributed by atoms with Crippen LogP contribution in [0.4, 0.5) is 0 Å². The minimum Gasteiger partial charge on any atom is -0.458 e. The van der Waals surface area contributed by atoms with Crippen LogP contribution in [0.1, 0.15) is 80.6 Å². The third-order valence-electron chi connectivity index (χ3n) is 7.24. The zero-order valence-corrected chi connectivity index (χ0v) is 19.1. The molecule has 0 radical (unpaired) electrons. The molecule has 0 aromatic heterocycles. The smallest absolute Gasteiger partial charge is 0.303 e. The van der Waals surface area contributed by atoms with E-state index in [0.717, 1.165) is 31.3 Å². The number of rotatable bonds is 6. The lowest BCUT2D eigenvalue weighted by atomic mass is 9.53. The quantitative estimate of drug-likeness (QED) is 0.510. The molecule has 0 aromatic carbocycles. The van der Waals surface area contributed by atoms with Crippen LogP contribution in [0.5, 0.6) is 0 Å². The van der Waals surface area contributed by atoms with Gasteiger partial charge in [0.1, 0.15) is 6.10 Å². The molecule has 29 heavy (non-hydrogen) atoms. The van der Waals surface area contributed by atoms with Crippen molar-refractivity contribution in [3.8, 4) is 0 Å². The lowest BCUT2D eigenvalue weighted by molar-refractivity contribution is -0.174. The van der Waals surface area contributed by atoms with Gasteiger partial charge in [0.25, 0.3) is 0 Å². The fraction of sp³-hybridized carbons (Fsp3) is 0.750. The third kappa shape index (κ3) is 4.76. The second-order valence-electron chi connectivity index (χ2n) is 10.0. The first-order valence-corrected chi connectivity index (χ1v) is 10.7. The Labute approximate surface area is 175 Å². The second kappa shape index (κ2) is 8.25. The maximum absolute atomic E-state index is 12.0. The summed E-state index contributed by atoms with van der Waals surface area (Å²) in [6.07, 6.45) is 4.74. The minimum atomic E-state index is -0.961. The van der Waals surface area contributed by atoms with Gasteiger partial charge in [0.2, 0.25) is 0 Å². The number of aliphatic hydroxyl groups is 1. The average Bonchev–Trinajstić information content (AvgIpc) is 2.60. The Balaban J connectivity index is 2.64. The molecule has 0 fully saturated rings. The van der Waals surface area contributed by atoms with Gasteiger partial charge in [-0.25, -0.2) is 0 Å². The van der Waals surface area contributed by atoms with Crippen molar-refractivity contribution in [3.63, 3.8) is 0 Å². The van der Waals surface area contributed by atoms with Crippen molar-refractivity contribution in [1.29, 1.82) is 0 Å². The maximum Gasteiger partial charge on any atom is 0.303 e. The van der Waals surface area contributed by atoms with E-state index in [0.29, 0.717) is 6.42 Å². The first kappa shape index (κ1) is 23.7. The lowest BCUT2D eigenvalue weighted by Crippen LogP contribution is -2.55. The van der Waals surface area contributed by atoms with Gasteiger partial charge in [-0.15, -0.1) is 6.58 Å². The molecule has 0 bridgehead atoms. The average molecular weight is 407 g/mol. The molecular formula is C24H38O5. The van der Waals surface area contributed by atoms with Gasteiger partial charge in [-0.1, -0.05) is 39.3 Å². The predicted octanol–water partition coefficient (Wildman–Crippen LogP) is 4.73. The topological polar surface area (TPSA) is 72.8 Å². The molecule has 0 amide bonds. The van der Waals surface area contributed by atoms with Crippen LogP contribution in [0.15, 0.2) is 23.8 Å². The predicted molar refractivity (Wildman–Crippen MR) is 113 cm³/mol. The van der Waals surface area contributed by atoms with Crippen LogP contribution in [0.2, 0.25) is 0 Å². The Bertz CT molecular complexity index is 702. The van der Waals surface area contributed by atoms with Crippen molar-refractivity contribution in [2.24, 2.45) is 16.7 Å². The molecule has 2 rings (SSSR count). The van der Waals surface area contributed by atoms with Crippen molar-refractivity contribution in [1.82, 2.24) is 0 Å². The summed E-state index contributed by atoms with van der Waals surface area (Å²) in [6, 6.07) is 0. The Morgan fingerprint density at radius 2 is 1.83 bits per heavy atom. The van der Waals surface area contributed by atoms with Gasteiger partial charge in [-0.3, -0.25) is 9.59 Å². The SMILES string of the molecule is C=C[C@@](C)(O)CC[C@@]1(C)C2=C([C@H](OC(C)=O)[C@H](OC(C)=O)[C@H]1C)C(C)(C)CCC2. The first-order chi connectivity index (χ1) is 13.2. The molecule has 2 aliphatic carbocycles. The zero-order valence-electron chi connectivity index (χ0n) is 19.1. The number of ether oxygens (including phenoxy) is 2. The summed E-state index contributed by atoms with van der Waals surface area (Å²) in [5, 5.41) is 10.5. The molecule has 0 aliphatic heterocycles. The fourth-order valence-corrected chi connectivity index (χ4v) is 5.25. The molecular weight excluding hydrogens is 368 g/mol. The van der Waals surface area contributed by atoms with Gasteiger partial charge in [0, 0.05) is 19.8 Å². The lowest BCUT2D eigenvalue weighted by Gasteiger charge is -2.54. The number of allylic oxidation sites excluding steroid dienone is 1. The minimum absolute atomic E-state index is 0.0657. The van der Waals surface area contributed by atoms with E-state index in [1.54, 1.807) is 13.0 Å². The van der Waals surface area contributed by atoms with Crippen LogP contribution >= 0.6 is 0 Å². The Morgan fingerprint density at radius 1 is 1.24 bits per heavy atom. The third-order valence-corrected chi connectivity index (χ3v) is 7.24. The summed E-state index contributed by atoms with van der Waals surface area (Å²) in [5.74, 6) is -0.813. The Morgan fingerprint density at radius 3 is 2.34 bits per heavy atom. The van der Waals surface area contributed by atoms with Gasteiger partial charge in [-0.05, 0) is 55.4 Å². The van der Waals surface area contributed by atoms with Gasteiger partial charge < -0.3 is 14.6 Å². The first-order valence-electron chi connectivity index (χ1n) is 10.7. The molecule has 0 saturated carbocycles. The Kier molecular flexibility index (Phi) is 6.73. The van der Waals surface area contributed by atoms with Crippen LogP contribution in [-0.4, -0.2) is 34.9 Å². The number of hydrogen-bond acceptors (Lipinski definition) is 5. The zero-order chi connectivity index (χ0) is 22.2. The molecule has 0 heterocycles. The highest BCUT2D eigenvalue weighted by molar-refractivity contribution is 5.68. The van der Waals surface area contributed by atoms with Crippen molar-refractivity contribution in [2.45, 2.75) is 98.4 Å². The van der Waals surface area contributed by atoms with E-state index in [1.807, 2.05) is 0 Å². The molecule has 0 spiro atoms. The molecule has 1 N–H and O–H groups in total. The van der Waals surface area contributed by atoms with Crippen LogP contribution in [0, 0.1) is 16.7 Å². The van der Waals surface area contributed by atoms with Gasteiger partial charge in [-0.2, -0.15) is 0 Å². The van der Waals surface area contributed by atoms with Gasteiger partial charge in [0.05, 0.1) is 5.60 Å². The van der Waals surface area contributed by atoms with Crippen molar-refractivity contribution >= 4 is 11.9 Å². The standard InChI is InChI=1S/C24H38O5/c1-9-23(7,27)13-14-24(8)15(2)20(28-16(3)25)21(29-17(4)26)19-18(24)11-10-12-22(19,5)6/h9,15,20-21,27H,1,10-14H2,2-8H3/t15-,20-,21+,23-,24-/m1/s1. The van der Waals surface area contributed by atoms with E-state index in [9.17, 15) is 14.7 Å². The highest BCUT2D eigenvalue weighted by Gasteiger charge is 2.55. The molecule has 0 saturated heterocycles. The molecule has 5 atom stereocenters. The molecule has 0 aromatic rings. The van der Waals surface area contributed by atoms with Crippen molar-refractivity contribution in [2.75, 3.05) is 0 Å². The van der Waals surface area contributed by atoms with E-state index in [1.165, 1.54) is 19.4 Å².